The zero-order valence-electron chi connectivity index (χ0n) is 27.0. The van der Waals surface area contributed by atoms with E-state index in [9.17, 15) is 9.59 Å². The first-order chi connectivity index (χ1) is 20.9. The monoisotopic (exact) mass is 582 g/mol. The minimum absolute atomic E-state index is 0.182. The predicted octanol–water partition coefficient (Wildman–Crippen LogP) is 8.33. The quantitative estimate of drug-likeness (QED) is 0.175. The normalized spacial score (nSPS) is 10.7. The van der Waals surface area contributed by atoms with Crippen molar-refractivity contribution in [3.05, 3.63) is 116 Å². The Morgan fingerprint density at radius 3 is 1.39 bits per heavy atom. The molecule has 0 atom stereocenters. The van der Waals surface area contributed by atoms with Gasteiger partial charge in [0.05, 0.1) is 14.2 Å². The van der Waals surface area contributed by atoms with Gasteiger partial charge in [0.25, 0.3) is 0 Å². The summed E-state index contributed by atoms with van der Waals surface area (Å²) in [6.07, 6.45) is 1.41. The number of hydrogen-bond donors (Lipinski definition) is 0. The van der Waals surface area contributed by atoms with E-state index >= 15 is 0 Å². The fraction of sp³-hybridized carbons (Fsp3) is 0.250. The topological polar surface area (TPSA) is 52.6 Å². The summed E-state index contributed by atoms with van der Waals surface area (Å²) in [5.41, 5.74) is 10.6. The summed E-state index contributed by atoms with van der Waals surface area (Å²) in [4.78, 5) is 23.6. The van der Waals surface area contributed by atoms with Crippen molar-refractivity contribution in [1.29, 1.82) is 0 Å². The largest absolute Gasteiger partial charge is 0.497 e. The van der Waals surface area contributed by atoms with Gasteiger partial charge >= 0.3 is 0 Å². The highest BCUT2D eigenvalue weighted by molar-refractivity contribution is 5.93. The highest BCUT2D eigenvalue weighted by Crippen LogP contribution is 2.34. The third-order valence-electron chi connectivity index (χ3n) is 7.76. The molecule has 0 amide bonds. The molecule has 0 aliphatic heterocycles. The molecule has 0 bridgehead atoms. The molecule has 0 saturated carbocycles. The lowest BCUT2D eigenvalue weighted by molar-refractivity contribution is 0.109. The molecule has 4 aromatic carbocycles. The Labute approximate surface area is 261 Å². The zero-order valence-corrected chi connectivity index (χ0v) is 27.0. The lowest BCUT2D eigenvalue weighted by atomic mass is 9.82. The first-order valence-corrected chi connectivity index (χ1v) is 14.5. The summed E-state index contributed by atoms with van der Waals surface area (Å²) in [7, 11) is 3.32. The van der Waals surface area contributed by atoms with Gasteiger partial charge in [0.15, 0.2) is 12.6 Å². The molecule has 0 fully saturated rings. The molecule has 0 spiro atoms. The number of rotatable bonds is 5. The van der Waals surface area contributed by atoms with Gasteiger partial charge in [-0.05, 0) is 109 Å². The average Bonchev–Trinajstić information content (AvgIpc) is 2.98. The van der Waals surface area contributed by atoms with E-state index in [1.807, 2.05) is 58.0 Å². The molecule has 0 unspecified atom stereocenters. The van der Waals surface area contributed by atoms with E-state index in [0.29, 0.717) is 23.7 Å². The van der Waals surface area contributed by atoms with E-state index in [1.54, 1.807) is 26.4 Å². The molecule has 0 radical (unpaired) electrons. The number of carbonyl (C=O) groups is 2. The first kappa shape index (κ1) is 31.9. The van der Waals surface area contributed by atoms with Crippen molar-refractivity contribution in [3.63, 3.8) is 0 Å². The van der Waals surface area contributed by atoms with Gasteiger partial charge in [-0.3, -0.25) is 9.59 Å². The zero-order chi connectivity index (χ0) is 32.2. The molecule has 0 aliphatic rings. The van der Waals surface area contributed by atoms with Crippen molar-refractivity contribution < 1.29 is 19.1 Å². The number of ether oxygens (including phenoxy) is 2. The SMILES string of the molecule is COc1cc(C)c(C#Cc2cc(C(C)(C)C)cc(C#Cc3c(C)cc(OC)cc3C)c2-c2ccc(C=O)c(C=O)c2)c(C)c1. The van der Waals surface area contributed by atoms with Crippen LogP contribution in [-0.2, 0) is 5.41 Å². The summed E-state index contributed by atoms with van der Waals surface area (Å²) < 4.78 is 10.9. The van der Waals surface area contributed by atoms with Crippen LogP contribution in [0.15, 0.2) is 54.6 Å². The Balaban J connectivity index is 2.08. The summed E-state index contributed by atoms with van der Waals surface area (Å²) in [6, 6.07) is 17.4. The summed E-state index contributed by atoms with van der Waals surface area (Å²) in [5.74, 6) is 15.4. The molecular formula is C40H38O4. The van der Waals surface area contributed by atoms with Crippen molar-refractivity contribution >= 4 is 12.6 Å². The Morgan fingerprint density at radius 2 is 1.02 bits per heavy atom. The van der Waals surface area contributed by atoms with Crippen LogP contribution in [0.25, 0.3) is 11.1 Å². The lowest BCUT2D eigenvalue weighted by Gasteiger charge is -2.22. The third kappa shape index (κ3) is 6.77. The van der Waals surface area contributed by atoms with Crippen molar-refractivity contribution in [2.45, 2.75) is 53.9 Å². The molecule has 4 rings (SSSR count). The van der Waals surface area contributed by atoms with Gasteiger partial charge in [-0.2, -0.15) is 0 Å². The second-order valence-corrected chi connectivity index (χ2v) is 12.0. The predicted molar refractivity (Wildman–Crippen MR) is 178 cm³/mol. The molecule has 222 valence electrons. The summed E-state index contributed by atoms with van der Waals surface area (Å²) in [6.45, 7) is 14.6. The lowest BCUT2D eigenvalue weighted by Crippen LogP contribution is -2.12. The Kier molecular flexibility index (Phi) is 9.46. The van der Waals surface area contributed by atoms with Crippen LogP contribution in [0, 0.1) is 51.4 Å². The fourth-order valence-corrected chi connectivity index (χ4v) is 5.26. The van der Waals surface area contributed by atoms with Crippen LogP contribution in [0.3, 0.4) is 0 Å². The molecule has 0 heterocycles. The number of methoxy groups -OCH3 is 2. The van der Waals surface area contributed by atoms with Crippen molar-refractivity contribution in [2.75, 3.05) is 14.2 Å². The second kappa shape index (κ2) is 13.1. The summed E-state index contributed by atoms with van der Waals surface area (Å²) >= 11 is 0. The van der Waals surface area contributed by atoms with Gasteiger partial charge in [0, 0.05) is 38.9 Å². The number of benzene rings is 4. The van der Waals surface area contributed by atoms with Crippen LogP contribution in [0.5, 0.6) is 11.5 Å². The van der Waals surface area contributed by atoms with Crippen LogP contribution in [0.4, 0.5) is 0 Å². The van der Waals surface area contributed by atoms with E-state index in [1.165, 1.54) is 0 Å². The number of hydrogen-bond acceptors (Lipinski definition) is 4. The van der Waals surface area contributed by atoms with Gasteiger partial charge in [-0.1, -0.05) is 56.6 Å². The van der Waals surface area contributed by atoms with Crippen molar-refractivity contribution in [3.8, 4) is 46.3 Å². The van der Waals surface area contributed by atoms with Crippen LogP contribution in [-0.4, -0.2) is 26.8 Å². The van der Waals surface area contributed by atoms with Gasteiger partial charge in [-0.25, -0.2) is 0 Å². The Bertz CT molecular complexity index is 1750. The van der Waals surface area contributed by atoms with Crippen LogP contribution in [0.2, 0.25) is 0 Å². The maximum atomic E-state index is 12.0. The van der Waals surface area contributed by atoms with E-state index in [4.69, 9.17) is 9.47 Å². The number of carbonyl (C=O) groups excluding carboxylic acids is 2. The molecule has 0 aromatic heterocycles. The molecule has 0 N–H and O–H groups in total. The molecule has 4 aromatic rings. The molecule has 0 aliphatic carbocycles. The number of aldehydes is 2. The van der Waals surface area contributed by atoms with E-state index < -0.39 is 0 Å². The minimum Gasteiger partial charge on any atom is -0.497 e. The van der Waals surface area contributed by atoms with Crippen LogP contribution in [0.1, 0.15) is 91.6 Å². The van der Waals surface area contributed by atoms with Gasteiger partial charge in [-0.15, -0.1) is 0 Å². The maximum Gasteiger partial charge on any atom is 0.150 e. The van der Waals surface area contributed by atoms with Crippen LogP contribution < -0.4 is 9.47 Å². The highest BCUT2D eigenvalue weighted by Gasteiger charge is 2.20. The maximum absolute atomic E-state index is 12.0. The molecular weight excluding hydrogens is 544 g/mol. The van der Waals surface area contributed by atoms with Gasteiger partial charge < -0.3 is 9.47 Å². The Hall–Kier alpha value is -5.06. The van der Waals surface area contributed by atoms with Crippen LogP contribution >= 0.6 is 0 Å². The molecule has 0 saturated heterocycles. The average molecular weight is 583 g/mol. The van der Waals surface area contributed by atoms with E-state index in [2.05, 4.69) is 56.6 Å². The second-order valence-electron chi connectivity index (χ2n) is 12.0. The minimum atomic E-state index is -0.182. The van der Waals surface area contributed by atoms with Crippen molar-refractivity contribution in [2.24, 2.45) is 0 Å². The van der Waals surface area contributed by atoms with Crippen molar-refractivity contribution in [1.82, 2.24) is 0 Å². The standard InChI is InChI=1S/C40H38O4/c1-25-16-35(43-8)17-26(2)37(25)14-12-30-21-34(40(5,6)7)22-31(13-15-38-27(3)18-36(44-9)19-28(38)4)39(30)29-10-11-32(23-41)33(20-29)24-42/h10-11,16-24H,1-9H3. The fourth-order valence-electron chi connectivity index (χ4n) is 5.26. The molecule has 4 heteroatoms. The van der Waals surface area contributed by atoms with Gasteiger partial charge in [0.1, 0.15) is 11.5 Å². The Morgan fingerprint density at radius 1 is 0.591 bits per heavy atom. The molecule has 4 nitrogen and oxygen atoms in total. The molecule has 44 heavy (non-hydrogen) atoms. The summed E-state index contributed by atoms with van der Waals surface area (Å²) in [5, 5.41) is 0. The van der Waals surface area contributed by atoms with Gasteiger partial charge in [0.2, 0.25) is 0 Å². The number of aryl methyl sites for hydroxylation is 4. The third-order valence-corrected chi connectivity index (χ3v) is 7.76. The smallest absolute Gasteiger partial charge is 0.150 e. The van der Waals surface area contributed by atoms with E-state index in [-0.39, 0.29) is 5.41 Å². The first-order valence-electron chi connectivity index (χ1n) is 14.5. The highest BCUT2D eigenvalue weighted by atomic mass is 16.5. The van der Waals surface area contributed by atoms with E-state index in [0.717, 1.165) is 72.7 Å².